The van der Waals surface area contributed by atoms with Crippen molar-refractivity contribution in [1.82, 2.24) is 15.1 Å². The molecule has 0 saturated carbocycles. The summed E-state index contributed by atoms with van der Waals surface area (Å²) in [7, 11) is 3.23. The molecule has 43 heavy (non-hydrogen) atoms. The second kappa shape index (κ2) is 15.4. The topological polar surface area (TPSA) is 105 Å². The standard InChI is InChI=1S/C34H55N3O6/c1-14-19-25(22-23(3)30(40)42-15-2)36(12)29(39)26(32(4,5)6)35-28(38)27(37(13)31(41)43-33(7,8)9)34(10,11)24-20-17-16-18-21-24/h16-18,20-22,25-27H,14-15,19H2,1-13H3,(H,35,38)/t25-,26+,27+/m0/s1. The van der Waals surface area contributed by atoms with Crippen LogP contribution in [0.2, 0.25) is 0 Å². The highest BCUT2D eigenvalue weighted by Crippen LogP contribution is 2.32. The predicted molar refractivity (Wildman–Crippen MR) is 170 cm³/mol. The summed E-state index contributed by atoms with van der Waals surface area (Å²) < 4.78 is 10.8. The molecule has 0 heterocycles. The number of esters is 1. The van der Waals surface area contributed by atoms with Crippen molar-refractivity contribution in [3.05, 3.63) is 47.5 Å². The number of nitrogens with zero attached hydrogens (tertiary/aromatic N) is 2. The SMILES string of the molecule is CCC[C@@H](C=C(C)C(=O)OCC)N(C)C(=O)[C@@H](NC(=O)[C@@H](N(C)C(=O)OC(C)(C)C)C(C)(C)c1ccccc1)C(C)(C)C. The molecule has 0 unspecified atom stereocenters. The first-order valence-electron chi connectivity index (χ1n) is 15.1. The smallest absolute Gasteiger partial charge is 0.410 e. The molecule has 3 amide bonds. The Morgan fingerprint density at radius 1 is 0.907 bits per heavy atom. The summed E-state index contributed by atoms with van der Waals surface area (Å²) in [5, 5.41) is 3.01. The summed E-state index contributed by atoms with van der Waals surface area (Å²) in [6.45, 7) is 20.4. The van der Waals surface area contributed by atoms with E-state index in [9.17, 15) is 19.2 Å². The lowest BCUT2D eigenvalue weighted by atomic mass is 9.76. The molecule has 0 aliphatic heterocycles. The molecule has 0 radical (unpaired) electrons. The number of amides is 3. The maximum atomic E-state index is 14.3. The third-order valence-corrected chi connectivity index (χ3v) is 7.39. The lowest BCUT2D eigenvalue weighted by molar-refractivity contribution is -0.141. The average molecular weight is 602 g/mol. The Kier molecular flexibility index (Phi) is 13.5. The second-order valence-electron chi connectivity index (χ2n) is 13.8. The van der Waals surface area contributed by atoms with Crippen LogP contribution in [0, 0.1) is 5.41 Å². The normalized spacial score (nSPS) is 14.7. The van der Waals surface area contributed by atoms with Crippen LogP contribution in [0.25, 0.3) is 0 Å². The molecule has 1 rings (SSSR count). The van der Waals surface area contributed by atoms with Crippen molar-refractivity contribution in [2.45, 2.75) is 118 Å². The lowest BCUT2D eigenvalue weighted by Gasteiger charge is -2.42. The summed E-state index contributed by atoms with van der Waals surface area (Å²) >= 11 is 0. The molecule has 1 aromatic rings. The van der Waals surface area contributed by atoms with E-state index in [4.69, 9.17) is 9.47 Å². The number of ether oxygens (including phenoxy) is 2. The average Bonchev–Trinajstić information content (AvgIpc) is 2.89. The van der Waals surface area contributed by atoms with Gasteiger partial charge in [0.1, 0.15) is 17.7 Å². The van der Waals surface area contributed by atoms with E-state index < -0.39 is 46.5 Å². The van der Waals surface area contributed by atoms with E-state index in [-0.39, 0.29) is 18.6 Å². The molecule has 0 fully saturated rings. The Morgan fingerprint density at radius 2 is 1.47 bits per heavy atom. The minimum Gasteiger partial charge on any atom is -0.463 e. The minimum absolute atomic E-state index is 0.258. The predicted octanol–water partition coefficient (Wildman–Crippen LogP) is 5.87. The van der Waals surface area contributed by atoms with Crippen LogP contribution in [-0.2, 0) is 29.3 Å². The van der Waals surface area contributed by atoms with E-state index in [0.29, 0.717) is 12.0 Å². The number of benzene rings is 1. The third kappa shape index (κ3) is 10.7. The van der Waals surface area contributed by atoms with Crippen LogP contribution < -0.4 is 5.32 Å². The number of rotatable bonds is 12. The van der Waals surface area contributed by atoms with E-state index >= 15 is 0 Å². The van der Waals surface area contributed by atoms with Crippen LogP contribution in [-0.4, -0.2) is 78.1 Å². The largest absolute Gasteiger partial charge is 0.463 e. The maximum absolute atomic E-state index is 14.3. The summed E-state index contributed by atoms with van der Waals surface area (Å²) in [4.78, 5) is 56.9. The van der Waals surface area contributed by atoms with E-state index in [2.05, 4.69) is 5.32 Å². The summed E-state index contributed by atoms with van der Waals surface area (Å²) in [5.41, 5.74) is -1.02. The first kappa shape index (κ1) is 37.7. The molecule has 9 nitrogen and oxygen atoms in total. The van der Waals surface area contributed by atoms with Crippen LogP contribution in [0.5, 0.6) is 0 Å². The summed E-state index contributed by atoms with van der Waals surface area (Å²) in [6.07, 6.45) is 2.50. The molecule has 9 heteroatoms. The Balaban J connectivity index is 3.56. The van der Waals surface area contributed by atoms with Gasteiger partial charge in [-0.1, -0.05) is 84.4 Å². The van der Waals surface area contributed by atoms with Crippen molar-refractivity contribution in [1.29, 1.82) is 0 Å². The Morgan fingerprint density at radius 3 is 1.93 bits per heavy atom. The molecule has 0 aliphatic rings. The molecule has 0 aliphatic carbocycles. The van der Waals surface area contributed by atoms with Crippen molar-refractivity contribution in [3.63, 3.8) is 0 Å². The van der Waals surface area contributed by atoms with E-state index in [1.807, 2.05) is 71.9 Å². The Labute approximate surface area is 259 Å². The van der Waals surface area contributed by atoms with Gasteiger partial charge in [-0.15, -0.1) is 0 Å². The first-order chi connectivity index (χ1) is 19.7. The molecule has 3 atom stereocenters. The highest BCUT2D eigenvalue weighted by atomic mass is 16.6. The molecule has 1 aromatic carbocycles. The van der Waals surface area contributed by atoms with Gasteiger partial charge in [-0.25, -0.2) is 9.59 Å². The van der Waals surface area contributed by atoms with Gasteiger partial charge in [-0.2, -0.15) is 0 Å². The van der Waals surface area contributed by atoms with Crippen molar-refractivity contribution < 1.29 is 28.7 Å². The van der Waals surface area contributed by atoms with Gasteiger partial charge in [0.25, 0.3) is 0 Å². The fourth-order valence-electron chi connectivity index (χ4n) is 4.98. The van der Waals surface area contributed by atoms with Gasteiger partial charge in [0.05, 0.1) is 12.6 Å². The fraction of sp³-hybridized carbons (Fsp3) is 0.647. The zero-order chi connectivity index (χ0) is 33.3. The summed E-state index contributed by atoms with van der Waals surface area (Å²) in [5.74, 6) is -1.21. The van der Waals surface area contributed by atoms with E-state index in [1.54, 1.807) is 59.7 Å². The van der Waals surface area contributed by atoms with Crippen LogP contribution >= 0.6 is 0 Å². The van der Waals surface area contributed by atoms with Crippen LogP contribution in [0.4, 0.5) is 4.79 Å². The summed E-state index contributed by atoms with van der Waals surface area (Å²) in [6, 6.07) is 7.16. The van der Waals surface area contributed by atoms with Gasteiger partial charge in [0.2, 0.25) is 11.8 Å². The number of carbonyl (C=O) groups excluding carboxylic acids is 4. The van der Waals surface area contributed by atoms with E-state index in [1.165, 1.54) is 4.90 Å². The van der Waals surface area contributed by atoms with Gasteiger partial charge in [0.15, 0.2) is 0 Å². The van der Waals surface area contributed by atoms with Gasteiger partial charge >= 0.3 is 12.1 Å². The molecule has 0 spiro atoms. The Bertz CT molecular complexity index is 1130. The fourth-order valence-corrected chi connectivity index (χ4v) is 4.98. The van der Waals surface area contributed by atoms with Crippen LogP contribution in [0.15, 0.2) is 42.0 Å². The maximum Gasteiger partial charge on any atom is 0.410 e. The van der Waals surface area contributed by atoms with Gasteiger partial charge in [-0.3, -0.25) is 14.5 Å². The van der Waals surface area contributed by atoms with Crippen LogP contribution in [0.1, 0.15) is 94.6 Å². The zero-order valence-corrected chi connectivity index (χ0v) is 28.7. The number of hydrogen-bond donors (Lipinski definition) is 1. The zero-order valence-electron chi connectivity index (χ0n) is 28.7. The number of hydrogen-bond acceptors (Lipinski definition) is 6. The first-order valence-corrected chi connectivity index (χ1v) is 15.1. The molecule has 0 bridgehead atoms. The number of carbonyl (C=O) groups is 4. The second-order valence-corrected chi connectivity index (χ2v) is 13.8. The highest BCUT2D eigenvalue weighted by Gasteiger charge is 2.45. The van der Waals surface area contributed by atoms with Crippen molar-refractivity contribution in [3.8, 4) is 0 Å². The monoisotopic (exact) mass is 601 g/mol. The van der Waals surface area contributed by atoms with Crippen molar-refractivity contribution in [2.75, 3.05) is 20.7 Å². The molecule has 0 saturated heterocycles. The van der Waals surface area contributed by atoms with Gasteiger partial charge in [-0.05, 0) is 52.0 Å². The van der Waals surface area contributed by atoms with E-state index in [0.717, 1.165) is 12.0 Å². The molecule has 0 aromatic heterocycles. The Hall–Kier alpha value is -3.36. The number of nitrogens with one attached hydrogen (secondary N) is 1. The van der Waals surface area contributed by atoms with Crippen molar-refractivity contribution >= 4 is 23.9 Å². The molecule has 242 valence electrons. The lowest BCUT2D eigenvalue weighted by Crippen LogP contribution is -2.63. The minimum atomic E-state index is -1.01. The van der Waals surface area contributed by atoms with Gasteiger partial charge in [0, 0.05) is 25.1 Å². The van der Waals surface area contributed by atoms with Gasteiger partial charge < -0.3 is 19.7 Å². The van der Waals surface area contributed by atoms with Crippen molar-refractivity contribution in [2.24, 2.45) is 5.41 Å². The third-order valence-electron chi connectivity index (χ3n) is 7.39. The quantitative estimate of drug-likeness (QED) is 0.237. The molecular weight excluding hydrogens is 546 g/mol. The number of likely N-dealkylation sites (N-methyl/N-ethyl adjacent to an activating group) is 2. The highest BCUT2D eigenvalue weighted by molar-refractivity contribution is 5.93. The molecule has 1 N–H and O–H groups in total. The van der Waals surface area contributed by atoms with Crippen LogP contribution in [0.3, 0.4) is 0 Å². The molecular formula is C34H55N3O6.